The summed E-state index contributed by atoms with van der Waals surface area (Å²) >= 11 is 0. The lowest BCUT2D eigenvalue weighted by Crippen LogP contribution is -2.25. The number of amides is 2. The van der Waals surface area contributed by atoms with Gasteiger partial charge in [0.1, 0.15) is 0 Å². The topological polar surface area (TPSA) is 85.1 Å². The van der Waals surface area contributed by atoms with E-state index in [0.717, 1.165) is 16.6 Å². The van der Waals surface area contributed by atoms with Gasteiger partial charge in [-0.3, -0.25) is 18.7 Å². The molecule has 29 heavy (non-hydrogen) atoms. The number of carbonyl (C=O) groups excluding carboxylic acids is 2. The van der Waals surface area contributed by atoms with E-state index < -0.39 is 0 Å². The molecule has 7 nitrogen and oxygen atoms in total. The summed E-state index contributed by atoms with van der Waals surface area (Å²) in [6, 6.07) is 13.0. The number of hydrogen-bond donors (Lipinski definition) is 2. The Labute approximate surface area is 169 Å². The summed E-state index contributed by atoms with van der Waals surface area (Å²) in [5, 5.41) is 5.68. The zero-order valence-electron chi connectivity index (χ0n) is 17.0. The van der Waals surface area contributed by atoms with Crippen molar-refractivity contribution in [3.63, 3.8) is 0 Å². The number of rotatable bonds is 7. The van der Waals surface area contributed by atoms with Crippen molar-refractivity contribution in [2.75, 3.05) is 10.6 Å². The van der Waals surface area contributed by atoms with Crippen molar-refractivity contribution < 1.29 is 9.59 Å². The summed E-state index contributed by atoms with van der Waals surface area (Å²) in [6.45, 7) is 6.47. The number of imidazole rings is 1. The number of nitrogens with one attached hydrogen (secondary N) is 2. The lowest BCUT2D eigenvalue weighted by Gasteiger charge is -2.11. The highest BCUT2D eigenvalue weighted by atomic mass is 16.2. The van der Waals surface area contributed by atoms with Gasteiger partial charge in [0.2, 0.25) is 11.8 Å². The molecular formula is C22H26N4O3. The number of nitrogens with zero attached hydrogens (tertiary/aromatic N) is 2. The molecule has 152 valence electrons. The first-order valence-corrected chi connectivity index (χ1v) is 9.83. The molecule has 0 saturated carbocycles. The largest absolute Gasteiger partial charge is 0.329 e. The molecule has 0 bridgehead atoms. The van der Waals surface area contributed by atoms with E-state index in [0.29, 0.717) is 30.9 Å². The fourth-order valence-corrected chi connectivity index (χ4v) is 3.30. The van der Waals surface area contributed by atoms with E-state index in [4.69, 9.17) is 0 Å². The molecule has 0 fully saturated rings. The van der Waals surface area contributed by atoms with E-state index in [1.807, 2.05) is 44.2 Å². The second-order valence-electron chi connectivity index (χ2n) is 6.90. The molecule has 0 saturated heterocycles. The molecule has 0 atom stereocenters. The van der Waals surface area contributed by atoms with Crippen LogP contribution in [0.2, 0.25) is 0 Å². The van der Waals surface area contributed by atoms with E-state index >= 15 is 0 Å². The normalized spacial score (nSPS) is 10.9. The van der Waals surface area contributed by atoms with Gasteiger partial charge < -0.3 is 10.6 Å². The monoisotopic (exact) mass is 394 g/mol. The second kappa shape index (κ2) is 8.77. The average molecular weight is 394 g/mol. The van der Waals surface area contributed by atoms with Gasteiger partial charge in [0.05, 0.1) is 11.0 Å². The first kappa shape index (κ1) is 20.4. The molecular weight excluding hydrogens is 368 g/mol. The van der Waals surface area contributed by atoms with Crippen LogP contribution in [0.25, 0.3) is 11.0 Å². The van der Waals surface area contributed by atoms with E-state index in [2.05, 4.69) is 10.6 Å². The molecule has 3 aromatic rings. The minimum Gasteiger partial charge on any atom is -0.326 e. The Hall–Kier alpha value is -3.35. The van der Waals surface area contributed by atoms with Crippen molar-refractivity contribution in [2.24, 2.45) is 0 Å². The fourth-order valence-electron chi connectivity index (χ4n) is 3.30. The first-order valence-electron chi connectivity index (χ1n) is 9.83. The zero-order valence-corrected chi connectivity index (χ0v) is 17.0. The highest BCUT2D eigenvalue weighted by molar-refractivity contribution is 5.94. The summed E-state index contributed by atoms with van der Waals surface area (Å²) in [6.07, 6.45) is 0.554. The number of hydrogen-bond acceptors (Lipinski definition) is 3. The maximum absolute atomic E-state index is 12.7. The molecule has 0 aliphatic rings. The number of fused-ring (bicyclic) bond motifs is 1. The third kappa shape index (κ3) is 4.39. The lowest BCUT2D eigenvalue weighted by molar-refractivity contribution is -0.117. The standard InChI is InChI=1S/C22H26N4O3/c1-4-20(27)23-16-11-10-15(3)17(14-16)24-21(28)12-13-26-19-9-7-6-8-18(19)25(5-2)22(26)29/h6-11,14H,4-5,12-13H2,1-3H3,(H,23,27)(H,24,28). The molecule has 7 heteroatoms. The van der Waals surface area contributed by atoms with Gasteiger partial charge in [0, 0.05) is 37.3 Å². The maximum Gasteiger partial charge on any atom is 0.329 e. The number of carbonyl (C=O) groups is 2. The van der Waals surface area contributed by atoms with Gasteiger partial charge in [-0.2, -0.15) is 0 Å². The van der Waals surface area contributed by atoms with Crippen LogP contribution >= 0.6 is 0 Å². The molecule has 2 amide bonds. The molecule has 1 heterocycles. The van der Waals surface area contributed by atoms with Gasteiger partial charge >= 0.3 is 5.69 Å². The Kier molecular flexibility index (Phi) is 6.16. The van der Waals surface area contributed by atoms with Crippen LogP contribution in [0.1, 0.15) is 32.3 Å². The molecule has 0 aliphatic carbocycles. The van der Waals surface area contributed by atoms with Crippen LogP contribution in [0.3, 0.4) is 0 Å². The highest BCUT2D eigenvalue weighted by Crippen LogP contribution is 2.21. The number of aromatic nitrogens is 2. The SMILES string of the molecule is CCC(=O)Nc1ccc(C)c(NC(=O)CCn2c(=O)n(CC)c3ccccc32)c1. The van der Waals surface area contributed by atoms with E-state index in [9.17, 15) is 14.4 Å². The van der Waals surface area contributed by atoms with Crippen LogP contribution in [-0.2, 0) is 22.7 Å². The fraction of sp³-hybridized carbons (Fsp3) is 0.318. The van der Waals surface area contributed by atoms with Gasteiger partial charge in [0.25, 0.3) is 0 Å². The maximum atomic E-state index is 12.7. The summed E-state index contributed by atoms with van der Waals surface area (Å²) in [4.78, 5) is 36.8. The van der Waals surface area contributed by atoms with Crippen LogP contribution in [0, 0.1) is 6.92 Å². The van der Waals surface area contributed by atoms with Gasteiger partial charge in [-0.1, -0.05) is 25.1 Å². The summed E-state index contributed by atoms with van der Waals surface area (Å²) in [5.41, 5.74) is 3.77. The van der Waals surface area contributed by atoms with E-state index in [-0.39, 0.29) is 23.9 Å². The van der Waals surface area contributed by atoms with Crippen molar-refractivity contribution in [2.45, 2.75) is 46.7 Å². The van der Waals surface area contributed by atoms with E-state index in [1.54, 1.807) is 28.2 Å². The second-order valence-corrected chi connectivity index (χ2v) is 6.90. The molecule has 2 N–H and O–H groups in total. The molecule has 0 aliphatic heterocycles. The number of anilines is 2. The Morgan fingerprint density at radius 1 is 0.931 bits per heavy atom. The van der Waals surface area contributed by atoms with Crippen molar-refractivity contribution >= 4 is 34.2 Å². The van der Waals surface area contributed by atoms with E-state index in [1.165, 1.54) is 0 Å². The van der Waals surface area contributed by atoms with Crippen LogP contribution in [-0.4, -0.2) is 20.9 Å². The smallest absolute Gasteiger partial charge is 0.326 e. The highest BCUT2D eigenvalue weighted by Gasteiger charge is 2.13. The van der Waals surface area contributed by atoms with Crippen molar-refractivity contribution in [1.29, 1.82) is 0 Å². The molecule has 1 aromatic heterocycles. The molecule has 0 spiro atoms. The van der Waals surface area contributed by atoms with Crippen LogP contribution in [0.5, 0.6) is 0 Å². The van der Waals surface area contributed by atoms with Crippen molar-refractivity contribution in [3.05, 3.63) is 58.5 Å². The first-order chi connectivity index (χ1) is 13.9. The summed E-state index contributed by atoms with van der Waals surface area (Å²) in [7, 11) is 0. The Balaban J connectivity index is 1.74. The van der Waals surface area contributed by atoms with Crippen LogP contribution in [0.15, 0.2) is 47.3 Å². The van der Waals surface area contributed by atoms with Crippen molar-refractivity contribution in [1.82, 2.24) is 9.13 Å². The van der Waals surface area contributed by atoms with Gasteiger partial charge in [0.15, 0.2) is 0 Å². The molecule has 0 radical (unpaired) electrons. The predicted octanol–water partition coefficient (Wildman–Crippen LogP) is 3.51. The third-order valence-corrected chi connectivity index (χ3v) is 4.92. The van der Waals surface area contributed by atoms with Crippen molar-refractivity contribution in [3.8, 4) is 0 Å². The van der Waals surface area contributed by atoms with Gasteiger partial charge in [-0.05, 0) is 43.7 Å². The quantitative estimate of drug-likeness (QED) is 0.643. The van der Waals surface area contributed by atoms with Gasteiger partial charge in [-0.15, -0.1) is 0 Å². The minimum absolute atomic E-state index is 0.0854. The minimum atomic E-state index is -0.188. The predicted molar refractivity (Wildman–Crippen MR) is 115 cm³/mol. The Morgan fingerprint density at radius 3 is 2.28 bits per heavy atom. The summed E-state index contributed by atoms with van der Waals surface area (Å²) in [5.74, 6) is -0.273. The average Bonchev–Trinajstić information content (AvgIpc) is 2.99. The third-order valence-electron chi connectivity index (χ3n) is 4.92. The molecule has 0 unspecified atom stereocenters. The number of para-hydroxylation sites is 2. The molecule has 3 rings (SSSR count). The summed E-state index contributed by atoms with van der Waals surface area (Å²) < 4.78 is 3.35. The molecule has 2 aromatic carbocycles. The number of benzene rings is 2. The Bertz CT molecular complexity index is 1110. The zero-order chi connectivity index (χ0) is 21.0. The van der Waals surface area contributed by atoms with Crippen LogP contribution in [0.4, 0.5) is 11.4 Å². The van der Waals surface area contributed by atoms with Crippen LogP contribution < -0.4 is 16.3 Å². The van der Waals surface area contributed by atoms with Gasteiger partial charge in [-0.25, -0.2) is 4.79 Å². The number of aryl methyl sites for hydroxylation is 3. The lowest BCUT2D eigenvalue weighted by atomic mass is 10.1. The Morgan fingerprint density at radius 2 is 1.62 bits per heavy atom.